The summed E-state index contributed by atoms with van der Waals surface area (Å²) in [6, 6.07) is 0.547. The third-order valence-corrected chi connectivity index (χ3v) is 5.72. The third kappa shape index (κ3) is 4.94. The molecule has 0 aromatic heterocycles. The summed E-state index contributed by atoms with van der Waals surface area (Å²) in [6.07, 6.45) is 10.1. The number of aliphatic hydroxyl groups is 1. The Labute approximate surface area is 130 Å². The lowest BCUT2D eigenvalue weighted by Gasteiger charge is -2.32. The molecule has 0 saturated heterocycles. The zero-order valence-corrected chi connectivity index (χ0v) is 14.2. The van der Waals surface area contributed by atoms with E-state index in [9.17, 15) is 5.11 Å². The Morgan fingerprint density at radius 3 is 2.62 bits per heavy atom. The van der Waals surface area contributed by atoms with Crippen LogP contribution in [0.5, 0.6) is 0 Å². The normalized spacial score (nSPS) is 34.0. The highest BCUT2D eigenvalue weighted by atomic mass is 16.5. The Bertz CT molecular complexity index is 306. The molecule has 0 heterocycles. The Morgan fingerprint density at radius 2 is 1.95 bits per heavy atom. The minimum Gasteiger partial charge on any atom is -0.389 e. The van der Waals surface area contributed by atoms with Crippen LogP contribution in [0.25, 0.3) is 0 Å². The molecular weight excluding hydrogens is 262 g/mol. The number of rotatable bonds is 7. The topological polar surface area (TPSA) is 41.5 Å². The van der Waals surface area contributed by atoms with E-state index in [4.69, 9.17) is 4.74 Å². The maximum atomic E-state index is 10.2. The first kappa shape index (κ1) is 17.2. The van der Waals surface area contributed by atoms with Crippen LogP contribution in [0, 0.1) is 11.3 Å². The van der Waals surface area contributed by atoms with Crippen molar-refractivity contribution in [2.45, 2.75) is 90.4 Å². The van der Waals surface area contributed by atoms with E-state index in [1.807, 2.05) is 0 Å². The quantitative estimate of drug-likeness (QED) is 0.755. The Hall–Kier alpha value is -0.120. The van der Waals surface area contributed by atoms with Crippen LogP contribution in [0.15, 0.2) is 0 Å². The summed E-state index contributed by atoms with van der Waals surface area (Å²) < 4.78 is 6.03. The van der Waals surface area contributed by atoms with Gasteiger partial charge in [-0.05, 0) is 37.0 Å². The number of aliphatic hydroxyl groups excluding tert-OH is 1. The second-order valence-corrected chi connectivity index (χ2v) is 7.82. The lowest BCUT2D eigenvalue weighted by Crippen LogP contribution is -2.43. The van der Waals surface area contributed by atoms with Crippen LogP contribution < -0.4 is 5.32 Å². The maximum Gasteiger partial charge on any atom is 0.0897 e. The maximum absolute atomic E-state index is 10.2. The summed E-state index contributed by atoms with van der Waals surface area (Å²) in [5.41, 5.74) is 0.372. The first-order valence-electron chi connectivity index (χ1n) is 9.06. The molecule has 2 aliphatic carbocycles. The van der Waals surface area contributed by atoms with Crippen molar-refractivity contribution in [2.24, 2.45) is 11.3 Å². The molecule has 2 N–H and O–H groups in total. The van der Waals surface area contributed by atoms with Crippen LogP contribution in [0.4, 0.5) is 0 Å². The molecule has 3 nitrogen and oxygen atoms in total. The zero-order valence-electron chi connectivity index (χ0n) is 14.2. The Balaban J connectivity index is 1.66. The van der Waals surface area contributed by atoms with Gasteiger partial charge in [-0.25, -0.2) is 0 Å². The summed E-state index contributed by atoms with van der Waals surface area (Å²) in [7, 11) is 0. The number of hydrogen-bond acceptors (Lipinski definition) is 3. The monoisotopic (exact) mass is 297 g/mol. The molecule has 0 amide bonds. The SMILES string of the molecule is CCC1CCCCC1OCC(O)CNC1CCCC1(C)C. The van der Waals surface area contributed by atoms with Gasteiger partial charge in [-0.1, -0.05) is 46.5 Å². The molecule has 0 aromatic rings. The Kier molecular flexibility index (Phi) is 6.51. The van der Waals surface area contributed by atoms with E-state index in [1.165, 1.54) is 51.4 Å². The zero-order chi connectivity index (χ0) is 15.3. The second-order valence-electron chi connectivity index (χ2n) is 7.82. The van der Waals surface area contributed by atoms with Crippen molar-refractivity contribution in [3.8, 4) is 0 Å². The smallest absolute Gasteiger partial charge is 0.0897 e. The van der Waals surface area contributed by atoms with Crippen molar-refractivity contribution in [3.05, 3.63) is 0 Å². The fourth-order valence-electron chi connectivity index (χ4n) is 4.14. The highest BCUT2D eigenvalue weighted by Crippen LogP contribution is 2.37. The molecule has 4 atom stereocenters. The van der Waals surface area contributed by atoms with Gasteiger partial charge >= 0.3 is 0 Å². The van der Waals surface area contributed by atoms with Crippen LogP contribution >= 0.6 is 0 Å². The molecule has 0 aliphatic heterocycles. The second kappa shape index (κ2) is 7.94. The average Bonchev–Trinajstić information content (AvgIpc) is 2.82. The number of hydrogen-bond donors (Lipinski definition) is 2. The molecule has 2 rings (SSSR count). The largest absolute Gasteiger partial charge is 0.389 e. The van der Waals surface area contributed by atoms with Crippen molar-refractivity contribution in [1.82, 2.24) is 5.32 Å². The van der Waals surface area contributed by atoms with Crippen LogP contribution in [0.2, 0.25) is 0 Å². The molecule has 3 heteroatoms. The van der Waals surface area contributed by atoms with E-state index < -0.39 is 0 Å². The van der Waals surface area contributed by atoms with E-state index in [1.54, 1.807) is 0 Å². The van der Waals surface area contributed by atoms with Crippen molar-refractivity contribution >= 4 is 0 Å². The van der Waals surface area contributed by atoms with E-state index in [0.29, 0.717) is 36.6 Å². The molecule has 4 unspecified atom stereocenters. The van der Waals surface area contributed by atoms with Gasteiger partial charge in [-0.15, -0.1) is 0 Å². The number of nitrogens with one attached hydrogen (secondary N) is 1. The lowest BCUT2D eigenvalue weighted by molar-refractivity contribution is -0.0507. The molecule has 0 spiro atoms. The van der Waals surface area contributed by atoms with E-state index in [-0.39, 0.29) is 6.10 Å². The van der Waals surface area contributed by atoms with Gasteiger partial charge in [0.25, 0.3) is 0 Å². The molecule has 0 bridgehead atoms. The molecule has 2 aliphatic rings. The van der Waals surface area contributed by atoms with Crippen LogP contribution in [0.3, 0.4) is 0 Å². The molecule has 124 valence electrons. The molecule has 0 aromatic carbocycles. The summed E-state index contributed by atoms with van der Waals surface area (Å²) in [5, 5.41) is 13.7. The number of ether oxygens (including phenoxy) is 1. The first-order valence-corrected chi connectivity index (χ1v) is 9.06. The molecule has 21 heavy (non-hydrogen) atoms. The van der Waals surface area contributed by atoms with Gasteiger partial charge < -0.3 is 15.2 Å². The van der Waals surface area contributed by atoms with Crippen LogP contribution in [-0.4, -0.2) is 36.5 Å². The van der Waals surface area contributed by atoms with Gasteiger partial charge in [-0.3, -0.25) is 0 Å². The summed E-state index contributed by atoms with van der Waals surface area (Å²) in [4.78, 5) is 0. The van der Waals surface area contributed by atoms with Crippen LogP contribution in [-0.2, 0) is 4.74 Å². The molecular formula is C18H35NO2. The van der Waals surface area contributed by atoms with E-state index in [2.05, 4.69) is 26.1 Å². The predicted molar refractivity (Wildman–Crippen MR) is 87.4 cm³/mol. The van der Waals surface area contributed by atoms with Crippen LogP contribution in [0.1, 0.15) is 72.1 Å². The van der Waals surface area contributed by atoms with Gasteiger partial charge in [0, 0.05) is 12.6 Å². The standard InChI is InChI=1S/C18H35NO2/c1-4-14-8-5-6-9-16(14)21-13-15(20)12-19-17-10-7-11-18(17,2)3/h14-17,19-20H,4-13H2,1-3H3. The van der Waals surface area contributed by atoms with Crippen molar-refractivity contribution in [2.75, 3.05) is 13.2 Å². The third-order valence-electron chi connectivity index (χ3n) is 5.72. The predicted octanol–water partition coefficient (Wildman–Crippen LogP) is 3.50. The fourth-order valence-corrected chi connectivity index (χ4v) is 4.14. The minimum absolute atomic E-state index is 0.372. The summed E-state index contributed by atoms with van der Waals surface area (Å²) in [6.45, 7) is 8.06. The van der Waals surface area contributed by atoms with Crippen molar-refractivity contribution in [3.63, 3.8) is 0 Å². The van der Waals surface area contributed by atoms with Gasteiger partial charge in [0.05, 0.1) is 18.8 Å². The average molecular weight is 297 g/mol. The molecule has 0 radical (unpaired) electrons. The van der Waals surface area contributed by atoms with E-state index >= 15 is 0 Å². The highest BCUT2D eigenvalue weighted by Gasteiger charge is 2.34. The van der Waals surface area contributed by atoms with E-state index in [0.717, 1.165) is 0 Å². The summed E-state index contributed by atoms with van der Waals surface area (Å²) in [5.74, 6) is 0.702. The van der Waals surface area contributed by atoms with Gasteiger partial charge in [0.15, 0.2) is 0 Å². The van der Waals surface area contributed by atoms with Crippen molar-refractivity contribution < 1.29 is 9.84 Å². The molecule has 2 saturated carbocycles. The highest BCUT2D eigenvalue weighted by molar-refractivity contribution is 4.90. The minimum atomic E-state index is -0.374. The lowest BCUT2D eigenvalue weighted by atomic mass is 9.85. The summed E-state index contributed by atoms with van der Waals surface area (Å²) >= 11 is 0. The van der Waals surface area contributed by atoms with Gasteiger partial charge in [-0.2, -0.15) is 0 Å². The van der Waals surface area contributed by atoms with Crippen molar-refractivity contribution in [1.29, 1.82) is 0 Å². The first-order chi connectivity index (χ1) is 10.0. The molecule has 2 fully saturated rings. The van der Waals surface area contributed by atoms with Gasteiger partial charge in [0.1, 0.15) is 0 Å². The van der Waals surface area contributed by atoms with Gasteiger partial charge in [0.2, 0.25) is 0 Å². The Morgan fingerprint density at radius 1 is 1.19 bits per heavy atom. The fraction of sp³-hybridized carbons (Fsp3) is 1.00.